The third kappa shape index (κ3) is 2.86. The summed E-state index contributed by atoms with van der Waals surface area (Å²) in [5.74, 6) is -0.925. The van der Waals surface area contributed by atoms with E-state index in [1.54, 1.807) is 13.0 Å². The first-order valence-electron chi connectivity index (χ1n) is 10.5. The maximum atomic E-state index is 12.9. The lowest BCUT2D eigenvalue weighted by Gasteiger charge is -2.65. The van der Waals surface area contributed by atoms with Crippen molar-refractivity contribution in [3.63, 3.8) is 0 Å². The second-order valence-electron chi connectivity index (χ2n) is 10.4. The minimum Gasteiger partial charge on any atom is -0.507 e. The van der Waals surface area contributed by atoms with Crippen molar-refractivity contribution < 1.29 is 34.4 Å². The van der Waals surface area contributed by atoms with Crippen molar-refractivity contribution in [2.75, 3.05) is 7.11 Å². The van der Waals surface area contributed by atoms with Crippen LogP contribution in [0.5, 0.6) is 11.5 Å². The standard InChI is InChI=1S/C24H30O7/c1-13-6-15(30-5)7-16(26)19(13)20(27)31-18-10-22(4)17-9-21(2,3)12-23(17,28)8-14(11-25)24(18,22)29/h6-8,11,17-18,26,28-29H,9-10,12H2,1-5H3/t17?,18-,22-,23+,24+/m1/s1. The maximum absolute atomic E-state index is 12.9. The van der Waals surface area contributed by atoms with Crippen LogP contribution in [0, 0.1) is 23.7 Å². The Bertz CT molecular complexity index is 973. The van der Waals surface area contributed by atoms with Gasteiger partial charge in [0.25, 0.3) is 0 Å². The molecule has 2 fully saturated rings. The summed E-state index contributed by atoms with van der Waals surface area (Å²) in [5.41, 5.74) is -3.33. The molecule has 1 unspecified atom stereocenters. The van der Waals surface area contributed by atoms with Crippen LogP contribution in [-0.2, 0) is 9.53 Å². The molecule has 0 heterocycles. The highest BCUT2D eigenvalue weighted by atomic mass is 16.6. The van der Waals surface area contributed by atoms with Crippen molar-refractivity contribution in [3.8, 4) is 11.5 Å². The van der Waals surface area contributed by atoms with Crippen LogP contribution in [0.15, 0.2) is 23.8 Å². The Balaban J connectivity index is 1.67. The van der Waals surface area contributed by atoms with Gasteiger partial charge in [-0.1, -0.05) is 20.8 Å². The summed E-state index contributed by atoms with van der Waals surface area (Å²) < 4.78 is 10.7. The number of hydrogen-bond acceptors (Lipinski definition) is 7. The zero-order valence-corrected chi connectivity index (χ0v) is 18.6. The molecular formula is C24H30O7. The van der Waals surface area contributed by atoms with Crippen molar-refractivity contribution in [2.45, 2.75) is 64.3 Å². The van der Waals surface area contributed by atoms with E-state index in [4.69, 9.17) is 9.47 Å². The molecule has 0 aliphatic heterocycles. The smallest absolute Gasteiger partial charge is 0.342 e. The number of benzene rings is 1. The summed E-state index contributed by atoms with van der Waals surface area (Å²) in [6, 6.07) is 2.93. The number of aldehydes is 1. The van der Waals surface area contributed by atoms with E-state index >= 15 is 0 Å². The highest BCUT2D eigenvalue weighted by Crippen LogP contribution is 2.69. The van der Waals surface area contributed by atoms with E-state index in [2.05, 4.69) is 13.8 Å². The molecule has 5 atom stereocenters. The van der Waals surface area contributed by atoms with Crippen LogP contribution in [0.1, 0.15) is 56.0 Å². The number of esters is 1. The Morgan fingerprint density at radius 1 is 1.19 bits per heavy atom. The van der Waals surface area contributed by atoms with Crippen LogP contribution in [0.4, 0.5) is 0 Å². The number of ether oxygens (including phenoxy) is 2. The second kappa shape index (κ2) is 6.56. The average molecular weight is 430 g/mol. The van der Waals surface area contributed by atoms with Crippen LogP contribution < -0.4 is 4.74 Å². The largest absolute Gasteiger partial charge is 0.507 e. The maximum Gasteiger partial charge on any atom is 0.342 e. The molecule has 0 saturated heterocycles. The van der Waals surface area contributed by atoms with Gasteiger partial charge in [-0.3, -0.25) is 4.79 Å². The van der Waals surface area contributed by atoms with Crippen LogP contribution >= 0.6 is 0 Å². The van der Waals surface area contributed by atoms with E-state index in [0.29, 0.717) is 36.9 Å². The zero-order valence-electron chi connectivity index (χ0n) is 18.6. The lowest BCUT2D eigenvalue weighted by atomic mass is 9.43. The van der Waals surface area contributed by atoms with E-state index < -0.39 is 28.7 Å². The van der Waals surface area contributed by atoms with Crippen LogP contribution in [-0.4, -0.2) is 52.0 Å². The molecule has 0 spiro atoms. The number of rotatable bonds is 4. The molecule has 0 radical (unpaired) electrons. The van der Waals surface area contributed by atoms with E-state index in [-0.39, 0.29) is 28.2 Å². The average Bonchev–Trinajstić information content (AvgIpc) is 2.93. The van der Waals surface area contributed by atoms with Crippen LogP contribution in [0.25, 0.3) is 0 Å². The Hall–Kier alpha value is -2.38. The van der Waals surface area contributed by atoms with Gasteiger partial charge in [0.2, 0.25) is 0 Å². The molecule has 0 amide bonds. The first-order chi connectivity index (χ1) is 14.3. The molecule has 1 aromatic carbocycles. The van der Waals surface area contributed by atoms with E-state index in [0.717, 1.165) is 0 Å². The highest BCUT2D eigenvalue weighted by molar-refractivity contribution is 5.94. The first kappa shape index (κ1) is 21.8. The van der Waals surface area contributed by atoms with Gasteiger partial charge in [0.05, 0.1) is 12.7 Å². The van der Waals surface area contributed by atoms with Crippen molar-refractivity contribution in [3.05, 3.63) is 34.9 Å². The minimum absolute atomic E-state index is 0.0102. The van der Waals surface area contributed by atoms with Crippen LogP contribution in [0.2, 0.25) is 0 Å². The quantitative estimate of drug-likeness (QED) is 0.497. The summed E-state index contributed by atoms with van der Waals surface area (Å²) in [7, 11) is 1.46. The fourth-order valence-electron chi connectivity index (χ4n) is 6.41. The minimum atomic E-state index is -1.70. The third-order valence-electron chi connectivity index (χ3n) is 7.79. The van der Waals surface area contributed by atoms with Crippen molar-refractivity contribution in [1.29, 1.82) is 0 Å². The number of methoxy groups -OCH3 is 1. The molecule has 4 rings (SSSR count). The molecular weight excluding hydrogens is 400 g/mol. The molecule has 3 aliphatic rings. The molecule has 0 aromatic heterocycles. The SMILES string of the molecule is COc1cc(C)c(C(=O)O[C@@H]2C[C@]3(C)C4CC(C)(C)C[C@@]4(O)C=C(C=O)[C@]23O)c(O)c1. The molecule has 168 valence electrons. The number of fused-ring (bicyclic) bond motifs is 3. The molecule has 7 heteroatoms. The Kier molecular flexibility index (Phi) is 4.62. The molecule has 3 aliphatic carbocycles. The number of carbonyl (C=O) groups excluding carboxylic acids is 2. The predicted octanol–water partition coefficient (Wildman–Crippen LogP) is 2.68. The summed E-state index contributed by atoms with van der Waals surface area (Å²) in [4.78, 5) is 24.8. The second-order valence-corrected chi connectivity index (χ2v) is 10.4. The zero-order chi connectivity index (χ0) is 23.0. The Labute approximate surface area is 181 Å². The normalized spacial score (nSPS) is 37.7. The van der Waals surface area contributed by atoms with E-state index in [1.165, 1.54) is 19.3 Å². The van der Waals surface area contributed by atoms with E-state index in [1.807, 2.05) is 6.92 Å². The van der Waals surface area contributed by atoms with Gasteiger partial charge < -0.3 is 24.8 Å². The number of hydrogen-bond donors (Lipinski definition) is 3. The van der Waals surface area contributed by atoms with Gasteiger partial charge in [0.1, 0.15) is 35.1 Å². The number of aromatic hydroxyl groups is 1. The topological polar surface area (TPSA) is 113 Å². The highest BCUT2D eigenvalue weighted by Gasteiger charge is 2.75. The summed E-state index contributed by atoms with van der Waals surface area (Å²) >= 11 is 0. The molecule has 2 saturated carbocycles. The molecule has 1 aromatic rings. The fourth-order valence-corrected chi connectivity index (χ4v) is 6.41. The fraction of sp³-hybridized carbons (Fsp3) is 0.583. The molecule has 7 nitrogen and oxygen atoms in total. The van der Waals surface area contributed by atoms with Gasteiger partial charge in [-0.05, 0) is 49.3 Å². The molecule has 3 N–H and O–H groups in total. The molecule has 0 bridgehead atoms. The summed E-state index contributed by atoms with van der Waals surface area (Å²) in [6.07, 6.45) is 2.54. The number of phenols is 1. The van der Waals surface area contributed by atoms with Gasteiger partial charge in [-0.25, -0.2) is 4.79 Å². The predicted molar refractivity (Wildman–Crippen MR) is 112 cm³/mol. The number of phenolic OH excluding ortho intramolecular Hbond substituents is 1. The summed E-state index contributed by atoms with van der Waals surface area (Å²) in [6.45, 7) is 7.62. The lowest BCUT2D eigenvalue weighted by Crippen LogP contribution is -2.75. The Morgan fingerprint density at radius 3 is 2.45 bits per heavy atom. The van der Waals surface area contributed by atoms with Crippen molar-refractivity contribution in [2.24, 2.45) is 16.7 Å². The Morgan fingerprint density at radius 2 is 1.87 bits per heavy atom. The van der Waals surface area contributed by atoms with Crippen molar-refractivity contribution >= 4 is 12.3 Å². The van der Waals surface area contributed by atoms with Crippen molar-refractivity contribution in [1.82, 2.24) is 0 Å². The van der Waals surface area contributed by atoms with Gasteiger partial charge in [-0.2, -0.15) is 0 Å². The first-order valence-corrected chi connectivity index (χ1v) is 10.5. The lowest BCUT2D eigenvalue weighted by molar-refractivity contribution is -0.261. The van der Waals surface area contributed by atoms with Gasteiger partial charge in [-0.15, -0.1) is 0 Å². The molecule has 31 heavy (non-hydrogen) atoms. The summed E-state index contributed by atoms with van der Waals surface area (Å²) in [5, 5.41) is 33.3. The van der Waals surface area contributed by atoms with E-state index in [9.17, 15) is 24.9 Å². The number of carbonyl (C=O) groups is 2. The number of aryl methyl sites for hydroxylation is 1. The van der Waals surface area contributed by atoms with Gasteiger partial charge in [0, 0.05) is 23.0 Å². The third-order valence-corrected chi connectivity index (χ3v) is 7.79. The van der Waals surface area contributed by atoms with Gasteiger partial charge in [0.15, 0.2) is 0 Å². The monoisotopic (exact) mass is 430 g/mol. The van der Waals surface area contributed by atoms with Crippen LogP contribution in [0.3, 0.4) is 0 Å². The van der Waals surface area contributed by atoms with Gasteiger partial charge >= 0.3 is 5.97 Å². The number of aliphatic hydroxyl groups is 2.